The van der Waals surface area contributed by atoms with Gasteiger partial charge in [-0.1, -0.05) is 29.8 Å². The van der Waals surface area contributed by atoms with E-state index < -0.39 is 18.0 Å². The van der Waals surface area contributed by atoms with E-state index in [2.05, 4.69) is 25.9 Å². The molecule has 2 amide bonds. The number of hydrogen-bond acceptors (Lipinski definition) is 7. The number of halogens is 1. The van der Waals surface area contributed by atoms with Crippen LogP contribution in [0, 0.1) is 0 Å². The molecule has 2 saturated heterocycles. The normalized spacial score (nSPS) is 27.0. The van der Waals surface area contributed by atoms with Crippen molar-refractivity contribution in [3.63, 3.8) is 0 Å². The minimum Gasteiger partial charge on any atom is -0.340 e. The molecule has 2 aliphatic heterocycles. The van der Waals surface area contributed by atoms with Crippen LogP contribution in [0.15, 0.2) is 24.3 Å². The summed E-state index contributed by atoms with van der Waals surface area (Å²) in [5.74, 6) is -0.0932. The number of tetrazole rings is 1. The first-order chi connectivity index (χ1) is 12.8. The molecule has 9 nitrogen and oxygen atoms in total. The number of hydrogen-bond donors (Lipinski definition) is 3. The molecular weight excluding hydrogens is 390 g/mol. The summed E-state index contributed by atoms with van der Waals surface area (Å²) in [5, 5.41) is 16.9. The largest absolute Gasteiger partial charge is 0.340 e. The van der Waals surface area contributed by atoms with Crippen molar-refractivity contribution >= 4 is 35.2 Å². The maximum atomic E-state index is 12.7. The lowest BCUT2D eigenvalue weighted by Gasteiger charge is -2.44. The van der Waals surface area contributed by atoms with Gasteiger partial charge in [-0.2, -0.15) is 0 Å². The predicted octanol–water partition coefficient (Wildman–Crippen LogP) is 0.773. The summed E-state index contributed by atoms with van der Waals surface area (Å²) in [4.78, 5) is 27.0. The number of nitrogens with two attached hydrogens (primary N) is 1. The van der Waals surface area contributed by atoms with Gasteiger partial charge in [-0.05, 0) is 35.9 Å². The Morgan fingerprint density at radius 3 is 2.85 bits per heavy atom. The van der Waals surface area contributed by atoms with Crippen molar-refractivity contribution in [3.8, 4) is 0 Å². The Morgan fingerprint density at radius 2 is 2.19 bits per heavy atom. The number of thioether (sulfide) groups is 1. The number of rotatable bonds is 4. The molecule has 4 atom stereocenters. The first-order valence-electron chi connectivity index (χ1n) is 8.35. The predicted molar refractivity (Wildman–Crippen MR) is 99.5 cm³/mol. The lowest BCUT2D eigenvalue weighted by molar-refractivity contribution is -0.152. The van der Waals surface area contributed by atoms with Gasteiger partial charge in [-0.25, -0.2) is 5.10 Å². The van der Waals surface area contributed by atoms with Crippen molar-refractivity contribution in [2.75, 3.05) is 0 Å². The molecule has 0 spiro atoms. The van der Waals surface area contributed by atoms with Crippen molar-refractivity contribution in [1.82, 2.24) is 30.8 Å². The van der Waals surface area contributed by atoms with E-state index in [1.165, 1.54) is 0 Å². The highest BCUT2D eigenvalue weighted by Gasteiger charge is 2.63. The van der Waals surface area contributed by atoms with E-state index in [1.54, 1.807) is 40.9 Å². The van der Waals surface area contributed by atoms with Gasteiger partial charge in [-0.3, -0.25) is 9.59 Å². The molecule has 3 heterocycles. The third kappa shape index (κ3) is 2.88. The molecule has 27 heavy (non-hydrogen) atoms. The number of amides is 2. The van der Waals surface area contributed by atoms with Crippen LogP contribution in [0.2, 0.25) is 5.02 Å². The summed E-state index contributed by atoms with van der Waals surface area (Å²) in [6.07, 6.45) is 0. The fourth-order valence-corrected chi connectivity index (χ4v) is 5.47. The number of β-lactam (4-membered cyclic amide) rings is 1. The van der Waals surface area contributed by atoms with Gasteiger partial charge < -0.3 is 16.0 Å². The van der Waals surface area contributed by atoms with E-state index in [-0.39, 0.29) is 22.1 Å². The van der Waals surface area contributed by atoms with Gasteiger partial charge >= 0.3 is 0 Å². The monoisotopic (exact) mass is 407 g/mol. The van der Waals surface area contributed by atoms with E-state index in [4.69, 9.17) is 17.3 Å². The quantitative estimate of drug-likeness (QED) is 0.638. The van der Waals surface area contributed by atoms with Crippen molar-refractivity contribution in [1.29, 1.82) is 0 Å². The van der Waals surface area contributed by atoms with Crippen LogP contribution in [0.5, 0.6) is 0 Å². The van der Waals surface area contributed by atoms with Crippen molar-refractivity contribution in [3.05, 3.63) is 40.7 Å². The van der Waals surface area contributed by atoms with Gasteiger partial charge in [0.1, 0.15) is 23.5 Å². The number of H-pyrrole nitrogens is 1. The SMILES string of the molecule is CC1(C)S[C@H]2C(NC(=O)C(N)c3ccccc3Cl)C(=O)N2C1c1nnn[nH]1. The number of carbonyl (C=O) groups is 2. The molecule has 0 radical (unpaired) electrons. The van der Waals surface area contributed by atoms with Gasteiger partial charge in [0.05, 0.1) is 0 Å². The number of carbonyl (C=O) groups excluding carboxylic acids is 2. The summed E-state index contributed by atoms with van der Waals surface area (Å²) in [6, 6.07) is 5.01. The van der Waals surface area contributed by atoms with Crippen LogP contribution in [0.25, 0.3) is 0 Å². The average Bonchev–Trinajstić information content (AvgIpc) is 3.23. The Bertz CT molecular complexity index is 891. The highest BCUT2D eigenvalue weighted by atomic mass is 35.5. The van der Waals surface area contributed by atoms with E-state index in [0.29, 0.717) is 16.4 Å². The molecular formula is C16H18ClN7O2S. The van der Waals surface area contributed by atoms with Crippen LogP contribution in [0.4, 0.5) is 0 Å². The van der Waals surface area contributed by atoms with Crippen molar-refractivity contribution in [2.24, 2.45) is 5.73 Å². The van der Waals surface area contributed by atoms with Crippen LogP contribution < -0.4 is 11.1 Å². The number of nitrogens with zero attached hydrogens (tertiary/aromatic N) is 4. The molecule has 142 valence electrons. The third-order valence-electron chi connectivity index (χ3n) is 4.88. The molecule has 1 aromatic heterocycles. The molecule has 4 rings (SSSR count). The molecule has 0 bridgehead atoms. The van der Waals surface area contributed by atoms with Crippen LogP contribution in [0.1, 0.15) is 37.3 Å². The number of nitrogens with one attached hydrogen (secondary N) is 2. The second-order valence-electron chi connectivity index (χ2n) is 7.03. The highest BCUT2D eigenvalue weighted by Crippen LogP contribution is 2.56. The number of benzene rings is 1. The van der Waals surface area contributed by atoms with Crippen molar-refractivity contribution in [2.45, 2.75) is 42.1 Å². The van der Waals surface area contributed by atoms with E-state index in [0.717, 1.165) is 0 Å². The first-order valence-corrected chi connectivity index (χ1v) is 9.61. The number of aromatic nitrogens is 4. The molecule has 2 fully saturated rings. The van der Waals surface area contributed by atoms with Crippen LogP contribution in [-0.4, -0.2) is 53.5 Å². The minimum atomic E-state index is -0.950. The highest BCUT2D eigenvalue weighted by molar-refractivity contribution is 8.01. The van der Waals surface area contributed by atoms with Crippen LogP contribution in [-0.2, 0) is 9.59 Å². The molecule has 2 aromatic rings. The molecule has 0 saturated carbocycles. The van der Waals surface area contributed by atoms with Gasteiger partial charge in [0.15, 0.2) is 5.82 Å². The zero-order chi connectivity index (χ0) is 19.3. The first kappa shape index (κ1) is 18.2. The summed E-state index contributed by atoms with van der Waals surface area (Å²) in [5.41, 5.74) is 6.57. The lowest BCUT2D eigenvalue weighted by atomic mass is 9.95. The van der Waals surface area contributed by atoms with Gasteiger partial charge in [-0.15, -0.1) is 16.9 Å². The maximum Gasteiger partial charge on any atom is 0.249 e. The van der Waals surface area contributed by atoms with Gasteiger partial charge in [0.25, 0.3) is 0 Å². The smallest absolute Gasteiger partial charge is 0.249 e. The number of aromatic amines is 1. The standard InChI is InChI=1S/C16H18ClN7O2S/c1-16(2)11(12-20-22-23-21-12)24-14(26)10(15(24)27-16)19-13(25)9(18)7-5-3-4-6-8(7)17/h3-6,9-11,15H,18H2,1-2H3,(H,19,25)(H,20,21,22,23)/t9?,10?,11?,15-/m0/s1. The fourth-order valence-electron chi connectivity index (χ4n) is 3.58. The van der Waals surface area contributed by atoms with Crippen LogP contribution >= 0.6 is 23.4 Å². The zero-order valence-corrected chi connectivity index (χ0v) is 16.2. The van der Waals surface area contributed by atoms with Gasteiger partial charge in [0, 0.05) is 9.77 Å². The van der Waals surface area contributed by atoms with Gasteiger partial charge in [0.2, 0.25) is 11.8 Å². The summed E-state index contributed by atoms with van der Waals surface area (Å²) < 4.78 is -0.314. The average molecular weight is 408 g/mol. The molecule has 11 heteroatoms. The topological polar surface area (TPSA) is 130 Å². The summed E-state index contributed by atoms with van der Waals surface area (Å²) in [6.45, 7) is 4.04. The second kappa shape index (κ2) is 6.47. The molecule has 2 aliphatic rings. The fraction of sp³-hybridized carbons (Fsp3) is 0.438. The summed E-state index contributed by atoms with van der Waals surface area (Å²) >= 11 is 7.71. The molecule has 3 unspecified atom stereocenters. The summed E-state index contributed by atoms with van der Waals surface area (Å²) in [7, 11) is 0. The van der Waals surface area contributed by atoms with E-state index in [1.807, 2.05) is 13.8 Å². The minimum absolute atomic E-state index is 0.181. The lowest BCUT2D eigenvalue weighted by Crippen LogP contribution is -2.68. The maximum absolute atomic E-state index is 12.7. The Labute approximate surface area is 164 Å². The molecule has 0 aliphatic carbocycles. The molecule has 1 aromatic carbocycles. The second-order valence-corrected chi connectivity index (χ2v) is 9.21. The Hall–Kier alpha value is -2.17. The molecule has 4 N–H and O–H groups in total. The Morgan fingerprint density at radius 1 is 1.44 bits per heavy atom. The zero-order valence-electron chi connectivity index (χ0n) is 14.6. The Kier molecular flexibility index (Phi) is 4.36. The number of fused-ring (bicyclic) bond motifs is 1. The van der Waals surface area contributed by atoms with E-state index in [9.17, 15) is 9.59 Å². The van der Waals surface area contributed by atoms with Crippen molar-refractivity contribution < 1.29 is 9.59 Å². The Balaban J connectivity index is 1.50. The third-order valence-corrected chi connectivity index (χ3v) is 6.80. The van der Waals surface area contributed by atoms with E-state index >= 15 is 0 Å². The van der Waals surface area contributed by atoms with Crippen LogP contribution in [0.3, 0.4) is 0 Å².